The molecular formula is C20H22N2O. The van der Waals surface area contributed by atoms with Crippen molar-refractivity contribution in [1.82, 2.24) is 9.78 Å². The Kier molecular flexibility index (Phi) is 4.47. The maximum Gasteiger partial charge on any atom is 0.125 e. The van der Waals surface area contributed by atoms with E-state index in [0.717, 1.165) is 30.5 Å². The second-order valence-corrected chi connectivity index (χ2v) is 5.75. The lowest BCUT2D eigenvalue weighted by Crippen LogP contribution is -2.02. The van der Waals surface area contributed by atoms with Crippen LogP contribution in [0.5, 0.6) is 5.75 Å². The second kappa shape index (κ2) is 6.69. The van der Waals surface area contributed by atoms with E-state index in [4.69, 9.17) is 0 Å². The van der Waals surface area contributed by atoms with Crippen molar-refractivity contribution in [3.8, 4) is 17.0 Å². The van der Waals surface area contributed by atoms with Crippen LogP contribution in [-0.4, -0.2) is 14.9 Å². The van der Waals surface area contributed by atoms with Gasteiger partial charge in [0.2, 0.25) is 0 Å². The Bertz CT molecular complexity index is 791. The van der Waals surface area contributed by atoms with Gasteiger partial charge < -0.3 is 5.11 Å². The first-order chi connectivity index (χ1) is 11.2. The van der Waals surface area contributed by atoms with Gasteiger partial charge >= 0.3 is 0 Å². The minimum absolute atomic E-state index is 0.287. The summed E-state index contributed by atoms with van der Waals surface area (Å²) in [6.45, 7) is 2.15. The molecular weight excluding hydrogens is 284 g/mol. The van der Waals surface area contributed by atoms with E-state index in [9.17, 15) is 5.11 Å². The van der Waals surface area contributed by atoms with Gasteiger partial charge in [0.1, 0.15) is 5.75 Å². The second-order valence-electron chi connectivity index (χ2n) is 5.75. The Hall–Kier alpha value is -2.55. The number of phenolic OH excluding ortho intramolecular Hbond substituents is 1. The van der Waals surface area contributed by atoms with Gasteiger partial charge in [-0.15, -0.1) is 0 Å². The lowest BCUT2D eigenvalue weighted by atomic mass is 9.99. The summed E-state index contributed by atoms with van der Waals surface area (Å²) in [6.07, 6.45) is 2.85. The molecule has 3 rings (SSSR count). The molecule has 2 aromatic carbocycles. The van der Waals surface area contributed by atoms with Gasteiger partial charge in [-0.2, -0.15) is 5.10 Å². The Labute approximate surface area is 137 Å². The maximum absolute atomic E-state index is 10.1. The topological polar surface area (TPSA) is 38.1 Å². The van der Waals surface area contributed by atoms with Crippen LogP contribution in [0.2, 0.25) is 0 Å². The van der Waals surface area contributed by atoms with Crippen molar-refractivity contribution in [3.63, 3.8) is 0 Å². The number of benzene rings is 2. The standard InChI is InChI=1S/C20H22N2O/c1-3-16-18(14-13-15-9-5-4-6-10-15)22(2)21-20(16)17-11-7-8-12-19(17)23/h4-12,23H,3,13-14H2,1-2H3. The number of para-hydroxylation sites is 1. The highest BCUT2D eigenvalue weighted by Gasteiger charge is 2.18. The van der Waals surface area contributed by atoms with Crippen molar-refractivity contribution in [2.24, 2.45) is 7.05 Å². The summed E-state index contributed by atoms with van der Waals surface area (Å²) in [5.74, 6) is 0.287. The first kappa shape index (κ1) is 15.3. The molecule has 3 heteroatoms. The van der Waals surface area contributed by atoms with E-state index in [-0.39, 0.29) is 5.75 Å². The van der Waals surface area contributed by atoms with Crippen LogP contribution in [-0.2, 0) is 26.3 Å². The van der Waals surface area contributed by atoms with Crippen molar-refractivity contribution in [2.75, 3.05) is 0 Å². The fourth-order valence-electron chi connectivity index (χ4n) is 3.08. The number of rotatable bonds is 5. The fourth-order valence-corrected chi connectivity index (χ4v) is 3.08. The number of aromatic nitrogens is 2. The predicted molar refractivity (Wildman–Crippen MR) is 93.5 cm³/mol. The van der Waals surface area contributed by atoms with E-state index >= 15 is 0 Å². The molecule has 0 amide bonds. The molecule has 0 radical (unpaired) electrons. The van der Waals surface area contributed by atoms with Crippen LogP contribution in [0, 0.1) is 0 Å². The Balaban J connectivity index is 1.94. The lowest BCUT2D eigenvalue weighted by Gasteiger charge is -2.06. The van der Waals surface area contributed by atoms with Crippen LogP contribution in [0.4, 0.5) is 0 Å². The van der Waals surface area contributed by atoms with E-state index < -0.39 is 0 Å². The summed E-state index contributed by atoms with van der Waals surface area (Å²) in [5, 5.41) is 14.8. The van der Waals surface area contributed by atoms with Crippen LogP contribution in [0.1, 0.15) is 23.7 Å². The molecule has 0 fully saturated rings. The van der Waals surface area contributed by atoms with Crippen molar-refractivity contribution < 1.29 is 5.11 Å². The molecule has 0 spiro atoms. The molecule has 0 bridgehead atoms. The molecule has 0 saturated heterocycles. The third-order valence-corrected chi connectivity index (χ3v) is 4.28. The SMILES string of the molecule is CCc1c(-c2ccccc2O)nn(C)c1CCc1ccccc1. The molecule has 0 unspecified atom stereocenters. The van der Waals surface area contributed by atoms with Crippen LogP contribution in [0.25, 0.3) is 11.3 Å². The lowest BCUT2D eigenvalue weighted by molar-refractivity contribution is 0.477. The van der Waals surface area contributed by atoms with E-state index in [1.807, 2.05) is 36.0 Å². The van der Waals surface area contributed by atoms with Crippen molar-refractivity contribution in [1.29, 1.82) is 0 Å². The normalized spacial score (nSPS) is 10.9. The first-order valence-corrected chi connectivity index (χ1v) is 8.07. The maximum atomic E-state index is 10.1. The van der Waals surface area contributed by atoms with Gasteiger partial charge in [0, 0.05) is 23.9 Å². The van der Waals surface area contributed by atoms with Gasteiger partial charge in [0.15, 0.2) is 0 Å². The first-order valence-electron chi connectivity index (χ1n) is 8.07. The third kappa shape index (κ3) is 3.14. The monoisotopic (exact) mass is 306 g/mol. The molecule has 23 heavy (non-hydrogen) atoms. The van der Waals surface area contributed by atoms with Crippen LogP contribution < -0.4 is 0 Å². The minimum Gasteiger partial charge on any atom is -0.507 e. The number of phenols is 1. The predicted octanol–water partition coefficient (Wildman–Crippen LogP) is 4.14. The van der Waals surface area contributed by atoms with Gasteiger partial charge in [-0.25, -0.2) is 0 Å². The molecule has 0 saturated carbocycles. The van der Waals surface area contributed by atoms with Gasteiger partial charge in [-0.3, -0.25) is 4.68 Å². The summed E-state index contributed by atoms with van der Waals surface area (Å²) in [6, 6.07) is 17.9. The van der Waals surface area contributed by atoms with E-state index in [0.29, 0.717) is 0 Å². The van der Waals surface area contributed by atoms with Gasteiger partial charge in [-0.05, 0) is 37.0 Å². The van der Waals surface area contributed by atoms with Crippen LogP contribution in [0.3, 0.4) is 0 Å². The highest BCUT2D eigenvalue weighted by atomic mass is 16.3. The van der Waals surface area contributed by atoms with E-state index in [1.165, 1.54) is 16.8 Å². The number of aryl methyl sites for hydroxylation is 2. The van der Waals surface area contributed by atoms with E-state index in [1.54, 1.807) is 6.07 Å². The number of hydrogen-bond donors (Lipinski definition) is 1. The van der Waals surface area contributed by atoms with Crippen LogP contribution in [0.15, 0.2) is 54.6 Å². The molecule has 118 valence electrons. The zero-order chi connectivity index (χ0) is 16.2. The van der Waals surface area contributed by atoms with Crippen LogP contribution >= 0.6 is 0 Å². The molecule has 1 aromatic heterocycles. The average molecular weight is 306 g/mol. The minimum atomic E-state index is 0.287. The summed E-state index contributed by atoms with van der Waals surface area (Å²) in [7, 11) is 1.99. The van der Waals surface area contributed by atoms with Crippen molar-refractivity contribution >= 4 is 0 Å². The zero-order valence-corrected chi connectivity index (χ0v) is 13.7. The fraction of sp³-hybridized carbons (Fsp3) is 0.250. The molecule has 3 nitrogen and oxygen atoms in total. The highest BCUT2D eigenvalue weighted by molar-refractivity contribution is 5.70. The Morgan fingerprint density at radius 3 is 2.35 bits per heavy atom. The van der Waals surface area contributed by atoms with Crippen molar-refractivity contribution in [3.05, 3.63) is 71.4 Å². The molecule has 1 heterocycles. The summed E-state index contributed by atoms with van der Waals surface area (Å²) in [5.41, 5.74) is 5.52. The molecule has 0 aliphatic rings. The molecule has 1 N–H and O–H groups in total. The quantitative estimate of drug-likeness (QED) is 0.769. The number of aromatic hydroxyl groups is 1. The van der Waals surface area contributed by atoms with Gasteiger partial charge in [0.25, 0.3) is 0 Å². The zero-order valence-electron chi connectivity index (χ0n) is 13.7. The Morgan fingerprint density at radius 2 is 1.65 bits per heavy atom. The largest absolute Gasteiger partial charge is 0.507 e. The average Bonchev–Trinajstić information content (AvgIpc) is 2.90. The van der Waals surface area contributed by atoms with E-state index in [2.05, 4.69) is 36.3 Å². The summed E-state index contributed by atoms with van der Waals surface area (Å²) in [4.78, 5) is 0. The number of nitrogens with zero attached hydrogens (tertiary/aromatic N) is 2. The van der Waals surface area contributed by atoms with Crippen molar-refractivity contribution in [2.45, 2.75) is 26.2 Å². The molecule has 3 aromatic rings. The number of hydrogen-bond acceptors (Lipinski definition) is 2. The molecule has 0 atom stereocenters. The summed E-state index contributed by atoms with van der Waals surface area (Å²) < 4.78 is 1.96. The summed E-state index contributed by atoms with van der Waals surface area (Å²) >= 11 is 0. The molecule has 0 aliphatic carbocycles. The van der Waals surface area contributed by atoms with Gasteiger partial charge in [-0.1, -0.05) is 49.4 Å². The Morgan fingerprint density at radius 1 is 0.957 bits per heavy atom. The molecule has 0 aliphatic heterocycles. The highest BCUT2D eigenvalue weighted by Crippen LogP contribution is 2.32. The third-order valence-electron chi connectivity index (χ3n) is 4.28. The van der Waals surface area contributed by atoms with Gasteiger partial charge in [0.05, 0.1) is 5.69 Å². The smallest absolute Gasteiger partial charge is 0.125 e.